The Kier molecular flexibility index (Phi) is 2.92. The van der Waals surface area contributed by atoms with Crippen LogP contribution in [0.4, 0.5) is 0 Å². The van der Waals surface area contributed by atoms with Crippen LogP contribution < -0.4 is 5.73 Å². The van der Waals surface area contributed by atoms with E-state index in [-0.39, 0.29) is 12.2 Å². The van der Waals surface area contributed by atoms with E-state index >= 15 is 0 Å². The van der Waals surface area contributed by atoms with Gasteiger partial charge in [-0.2, -0.15) is 0 Å². The fourth-order valence-electron chi connectivity index (χ4n) is 2.13. The Morgan fingerprint density at radius 2 is 2.18 bits per heavy atom. The molecule has 0 aliphatic carbocycles. The van der Waals surface area contributed by atoms with Crippen LogP contribution >= 0.6 is 0 Å². The van der Waals surface area contributed by atoms with Gasteiger partial charge >= 0.3 is 5.97 Å². The van der Waals surface area contributed by atoms with Crippen molar-refractivity contribution < 1.29 is 18.3 Å². The van der Waals surface area contributed by atoms with Crippen molar-refractivity contribution in [3.63, 3.8) is 0 Å². The fourth-order valence-corrected chi connectivity index (χ4v) is 3.71. The molecule has 92 valence electrons. The highest BCUT2D eigenvalue weighted by atomic mass is 32.2. The lowest BCUT2D eigenvalue weighted by molar-refractivity contribution is -0.137. The van der Waals surface area contributed by atoms with Gasteiger partial charge < -0.3 is 10.8 Å². The minimum Gasteiger partial charge on any atom is -0.481 e. The van der Waals surface area contributed by atoms with Crippen molar-refractivity contribution in [3.8, 4) is 0 Å². The zero-order chi connectivity index (χ0) is 12.6. The molecule has 0 aromatic heterocycles. The number of hydrogen-bond acceptors (Lipinski definition) is 4. The van der Waals surface area contributed by atoms with Gasteiger partial charge in [-0.15, -0.1) is 0 Å². The molecule has 1 aliphatic rings. The van der Waals surface area contributed by atoms with E-state index in [2.05, 4.69) is 0 Å². The van der Waals surface area contributed by atoms with Gasteiger partial charge in [0.15, 0.2) is 9.84 Å². The van der Waals surface area contributed by atoms with Gasteiger partial charge in [0.2, 0.25) is 0 Å². The minimum atomic E-state index is -3.19. The Morgan fingerprint density at radius 3 is 2.82 bits per heavy atom. The lowest BCUT2D eigenvalue weighted by Crippen LogP contribution is -2.16. The van der Waals surface area contributed by atoms with Gasteiger partial charge in [0, 0.05) is 6.04 Å². The van der Waals surface area contributed by atoms with E-state index in [4.69, 9.17) is 10.8 Å². The number of carbonyl (C=O) groups is 1. The third kappa shape index (κ3) is 2.18. The summed E-state index contributed by atoms with van der Waals surface area (Å²) in [6.07, 6.45) is 0.220. The number of hydrogen-bond donors (Lipinski definition) is 2. The molecule has 3 N–H and O–H groups in total. The highest BCUT2D eigenvalue weighted by molar-refractivity contribution is 7.91. The van der Waals surface area contributed by atoms with Crippen LogP contribution in [-0.2, 0) is 21.1 Å². The van der Waals surface area contributed by atoms with Crippen LogP contribution in [0.2, 0.25) is 0 Å². The molecule has 0 amide bonds. The van der Waals surface area contributed by atoms with E-state index in [0.717, 1.165) is 0 Å². The van der Waals surface area contributed by atoms with E-state index in [1.54, 1.807) is 18.2 Å². The third-order valence-electron chi connectivity index (χ3n) is 2.92. The normalized spacial score (nSPS) is 18.6. The standard InChI is InChI=1S/C11H13NO4S/c12-9(6-11(13)14)7-2-1-3-10-8(7)4-5-17(10,15)16/h1-3,9H,4-6,12H2,(H,13,14). The molecule has 0 saturated heterocycles. The molecule has 0 saturated carbocycles. The maximum atomic E-state index is 11.7. The van der Waals surface area contributed by atoms with Crippen LogP contribution in [0.25, 0.3) is 0 Å². The molecule has 1 heterocycles. The molecule has 1 aromatic carbocycles. The van der Waals surface area contributed by atoms with Crippen LogP contribution in [0, 0.1) is 0 Å². The van der Waals surface area contributed by atoms with E-state index in [0.29, 0.717) is 22.4 Å². The Hall–Kier alpha value is -1.40. The molecule has 1 unspecified atom stereocenters. The number of aliphatic carboxylic acids is 1. The first kappa shape index (κ1) is 12.1. The summed E-state index contributed by atoms with van der Waals surface area (Å²) >= 11 is 0. The SMILES string of the molecule is NC(CC(=O)O)c1cccc2c1CCS2(=O)=O. The van der Waals surface area contributed by atoms with E-state index in [1.807, 2.05) is 0 Å². The minimum absolute atomic E-state index is 0.0825. The Labute approximate surface area is 99.2 Å². The summed E-state index contributed by atoms with van der Waals surface area (Å²) in [5.74, 6) is -0.907. The van der Waals surface area contributed by atoms with Gasteiger partial charge in [-0.05, 0) is 23.6 Å². The molecule has 0 bridgehead atoms. The Morgan fingerprint density at radius 1 is 1.47 bits per heavy atom. The maximum Gasteiger partial charge on any atom is 0.305 e. The Bertz CT molecular complexity index is 565. The molecule has 1 aliphatic heterocycles. The van der Waals surface area contributed by atoms with Crippen molar-refractivity contribution in [3.05, 3.63) is 29.3 Å². The number of carboxylic acids is 1. The number of sulfone groups is 1. The Balaban J connectivity index is 2.45. The summed E-state index contributed by atoms with van der Waals surface area (Å²) in [6, 6.07) is 4.21. The lowest BCUT2D eigenvalue weighted by Gasteiger charge is -2.13. The molecule has 0 fully saturated rings. The highest BCUT2D eigenvalue weighted by Crippen LogP contribution is 2.31. The monoisotopic (exact) mass is 255 g/mol. The van der Waals surface area contributed by atoms with Gasteiger partial charge in [-0.3, -0.25) is 4.79 Å². The molecule has 5 nitrogen and oxygen atoms in total. The molecule has 6 heteroatoms. The topological polar surface area (TPSA) is 97.5 Å². The first-order chi connectivity index (χ1) is 7.92. The van der Waals surface area contributed by atoms with Crippen molar-refractivity contribution in [2.75, 3.05) is 5.75 Å². The highest BCUT2D eigenvalue weighted by Gasteiger charge is 2.29. The molecule has 0 spiro atoms. The molecular weight excluding hydrogens is 242 g/mol. The first-order valence-electron chi connectivity index (χ1n) is 5.24. The van der Waals surface area contributed by atoms with Gasteiger partial charge in [0.25, 0.3) is 0 Å². The second kappa shape index (κ2) is 4.12. The van der Waals surface area contributed by atoms with Crippen molar-refractivity contribution in [2.24, 2.45) is 5.73 Å². The summed E-state index contributed by atoms with van der Waals surface area (Å²) in [4.78, 5) is 10.9. The quantitative estimate of drug-likeness (QED) is 0.819. The largest absolute Gasteiger partial charge is 0.481 e. The van der Waals surface area contributed by atoms with Crippen LogP contribution in [-0.4, -0.2) is 25.2 Å². The van der Waals surface area contributed by atoms with Gasteiger partial charge in [0.05, 0.1) is 17.1 Å². The van der Waals surface area contributed by atoms with Crippen LogP contribution in [0.5, 0.6) is 0 Å². The number of rotatable bonds is 3. The molecular formula is C11H13NO4S. The molecule has 0 radical (unpaired) electrons. The van der Waals surface area contributed by atoms with Gasteiger partial charge in [0.1, 0.15) is 0 Å². The second-order valence-corrected chi connectivity index (χ2v) is 6.17. The lowest BCUT2D eigenvalue weighted by atomic mass is 9.97. The van der Waals surface area contributed by atoms with E-state index in [9.17, 15) is 13.2 Å². The number of fused-ring (bicyclic) bond motifs is 1. The average Bonchev–Trinajstić information content (AvgIpc) is 2.54. The smallest absolute Gasteiger partial charge is 0.305 e. The van der Waals surface area contributed by atoms with Gasteiger partial charge in [-0.1, -0.05) is 12.1 Å². The van der Waals surface area contributed by atoms with Gasteiger partial charge in [-0.25, -0.2) is 8.42 Å². The van der Waals surface area contributed by atoms with Crippen LogP contribution in [0.1, 0.15) is 23.6 Å². The summed E-state index contributed by atoms with van der Waals surface area (Å²) in [5, 5.41) is 8.70. The fraction of sp³-hybridized carbons (Fsp3) is 0.364. The van der Waals surface area contributed by atoms with Crippen molar-refractivity contribution in [1.29, 1.82) is 0 Å². The first-order valence-corrected chi connectivity index (χ1v) is 6.89. The molecule has 1 atom stereocenters. The predicted octanol–water partition coefficient (Wildman–Crippen LogP) is 0.491. The van der Waals surface area contributed by atoms with Crippen molar-refractivity contribution in [1.82, 2.24) is 0 Å². The number of benzene rings is 1. The number of nitrogens with two attached hydrogens (primary N) is 1. The van der Waals surface area contributed by atoms with Crippen molar-refractivity contribution in [2.45, 2.75) is 23.8 Å². The third-order valence-corrected chi connectivity index (χ3v) is 4.71. The zero-order valence-electron chi connectivity index (χ0n) is 9.09. The van der Waals surface area contributed by atoms with Crippen LogP contribution in [0.15, 0.2) is 23.1 Å². The predicted molar refractivity (Wildman–Crippen MR) is 61.4 cm³/mol. The average molecular weight is 255 g/mol. The summed E-state index contributed by atoms with van der Waals surface area (Å²) in [5.41, 5.74) is 7.09. The summed E-state index contributed by atoms with van der Waals surface area (Å²) < 4.78 is 23.4. The van der Waals surface area contributed by atoms with E-state index < -0.39 is 21.8 Å². The zero-order valence-corrected chi connectivity index (χ0v) is 9.90. The van der Waals surface area contributed by atoms with Crippen LogP contribution in [0.3, 0.4) is 0 Å². The molecule has 17 heavy (non-hydrogen) atoms. The summed E-state index contributed by atoms with van der Waals surface area (Å²) in [7, 11) is -3.19. The summed E-state index contributed by atoms with van der Waals surface area (Å²) in [6.45, 7) is 0. The maximum absolute atomic E-state index is 11.7. The molecule has 2 rings (SSSR count). The molecule has 1 aromatic rings. The van der Waals surface area contributed by atoms with E-state index in [1.165, 1.54) is 0 Å². The second-order valence-electron chi connectivity index (χ2n) is 4.10. The number of carboxylic acid groups (broad SMARTS) is 1. The van der Waals surface area contributed by atoms with Crippen molar-refractivity contribution >= 4 is 15.8 Å².